The Morgan fingerprint density at radius 1 is 1.41 bits per heavy atom. The van der Waals surface area contributed by atoms with Gasteiger partial charge in [-0.05, 0) is 24.8 Å². The fourth-order valence-electron chi connectivity index (χ4n) is 1.34. The van der Waals surface area contributed by atoms with Crippen LogP contribution in [0, 0.1) is 11.3 Å². The highest BCUT2D eigenvalue weighted by atomic mass is 32.1. The average Bonchev–Trinajstić information content (AvgIpc) is 2.64. The standard InChI is InChI=1S/C13H25N3S/c1-9(13(3,4)5)6-15-7-11-8-17-12(16-11)10(2)14/h8-10,15H,6-7,14H2,1-5H3. The van der Waals surface area contributed by atoms with Gasteiger partial charge in [-0.2, -0.15) is 0 Å². The monoisotopic (exact) mass is 255 g/mol. The smallest absolute Gasteiger partial charge is 0.109 e. The predicted molar refractivity (Wildman–Crippen MR) is 75.0 cm³/mol. The fourth-order valence-corrected chi connectivity index (χ4v) is 2.11. The predicted octanol–water partition coefficient (Wildman–Crippen LogP) is 2.93. The van der Waals surface area contributed by atoms with Crippen molar-refractivity contribution in [1.82, 2.24) is 10.3 Å². The second kappa shape index (κ2) is 5.94. The van der Waals surface area contributed by atoms with Crippen LogP contribution >= 0.6 is 11.3 Å². The van der Waals surface area contributed by atoms with Crippen LogP contribution in [0.1, 0.15) is 51.4 Å². The van der Waals surface area contributed by atoms with Crippen LogP contribution in [-0.2, 0) is 6.54 Å². The van der Waals surface area contributed by atoms with E-state index in [1.54, 1.807) is 11.3 Å². The number of nitrogens with one attached hydrogen (secondary N) is 1. The number of rotatable bonds is 5. The summed E-state index contributed by atoms with van der Waals surface area (Å²) in [6.45, 7) is 12.9. The Labute approximate surface area is 109 Å². The topological polar surface area (TPSA) is 50.9 Å². The Morgan fingerprint density at radius 3 is 2.53 bits per heavy atom. The molecule has 0 radical (unpaired) electrons. The molecule has 1 aromatic heterocycles. The molecule has 2 unspecified atom stereocenters. The maximum absolute atomic E-state index is 5.79. The minimum atomic E-state index is 0.0437. The highest BCUT2D eigenvalue weighted by molar-refractivity contribution is 7.09. The molecule has 0 fully saturated rings. The molecule has 2 atom stereocenters. The zero-order valence-electron chi connectivity index (χ0n) is 11.6. The Bertz CT molecular complexity index is 339. The number of hydrogen-bond donors (Lipinski definition) is 2. The molecule has 0 bridgehead atoms. The van der Waals surface area contributed by atoms with Gasteiger partial charge in [0, 0.05) is 11.9 Å². The lowest BCUT2D eigenvalue weighted by Crippen LogP contribution is -2.29. The van der Waals surface area contributed by atoms with Gasteiger partial charge in [0.2, 0.25) is 0 Å². The van der Waals surface area contributed by atoms with Crippen LogP contribution < -0.4 is 11.1 Å². The second-order valence-electron chi connectivity index (χ2n) is 5.86. The summed E-state index contributed by atoms with van der Waals surface area (Å²) in [5.41, 5.74) is 7.24. The Morgan fingerprint density at radius 2 is 2.06 bits per heavy atom. The van der Waals surface area contributed by atoms with E-state index < -0.39 is 0 Å². The van der Waals surface area contributed by atoms with Crippen LogP contribution in [0.4, 0.5) is 0 Å². The van der Waals surface area contributed by atoms with E-state index in [0.29, 0.717) is 11.3 Å². The van der Waals surface area contributed by atoms with E-state index in [0.717, 1.165) is 23.8 Å². The summed E-state index contributed by atoms with van der Waals surface area (Å²) < 4.78 is 0. The van der Waals surface area contributed by atoms with Crippen molar-refractivity contribution in [2.75, 3.05) is 6.54 Å². The van der Waals surface area contributed by atoms with Gasteiger partial charge in [-0.3, -0.25) is 0 Å². The van der Waals surface area contributed by atoms with Crippen molar-refractivity contribution in [2.24, 2.45) is 17.1 Å². The van der Waals surface area contributed by atoms with Crippen LogP contribution in [0.2, 0.25) is 0 Å². The molecule has 0 aromatic carbocycles. The lowest BCUT2D eigenvalue weighted by molar-refractivity contribution is 0.252. The molecule has 0 aliphatic rings. The van der Waals surface area contributed by atoms with Crippen molar-refractivity contribution in [2.45, 2.75) is 47.2 Å². The van der Waals surface area contributed by atoms with E-state index in [-0.39, 0.29) is 6.04 Å². The van der Waals surface area contributed by atoms with Gasteiger partial charge in [-0.25, -0.2) is 4.98 Å². The molecule has 0 amide bonds. The normalized spacial score (nSPS) is 15.9. The summed E-state index contributed by atoms with van der Waals surface area (Å²) in [5.74, 6) is 0.647. The summed E-state index contributed by atoms with van der Waals surface area (Å²) in [7, 11) is 0. The molecule has 3 N–H and O–H groups in total. The van der Waals surface area contributed by atoms with Gasteiger partial charge < -0.3 is 11.1 Å². The Hall–Kier alpha value is -0.450. The van der Waals surface area contributed by atoms with Crippen molar-refractivity contribution in [3.8, 4) is 0 Å². The van der Waals surface area contributed by atoms with Crippen LogP contribution in [-0.4, -0.2) is 11.5 Å². The molecule has 4 heteroatoms. The molecule has 0 saturated carbocycles. The minimum Gasteiger partial charge on any atom is -0.322 e. The van der Waals surface area contributed by atoms with Gasteiger partial charge in [-0.15, -0.1) is 11.3 Å². The molecule has 1 rings (SSSR count). The minimum absolute atomic E-state index is 0.0437. The van der Waals surface area contributed by atoms with Gasteiger partial charge in [0.1, 0.15) is 5.01 Å². The Kier molecular flexibility index (Phi) is 5.10. The van der Waals surface area contributed by atoms with Crippen molar-refractivity contribution in [1.29, 1.82) is 0 Å². The number of nitrogens with zero attached hydrogens (tertiary/aromatic N) is 1. The zero-order valence-corrected chi connectivity index (χ0v) is 12.4. The van der Waals surface area contributed by atoms with Gasteiger partial charge in [0.15, 0.2) is 0 Å². The molecule has 0 spiro atoms. The largest absolute Gasteiger partial charge is 0.322 e. The highest BCUT2D eigenvalue weighted by Gasteiger charge is 2.19. The van der Waals surface area contributed by atoms with Crippen LogP contribution in [0.5, 0.6) is 0 Å². The first-order valence-corrected chi connectivity index (χ1v) is 7.09. The first-order chi connectivity index (χ1) is 7.80. The molecule has 0 saturated heterocycles. The quantitative estimate of drug-likeness (QED) is 0.850. The maximum atomic E-state index is 5.79. The van der Waals surface area contributed by atoms with E-state index >= 15 is 0 Å². The number of aromatic nitrogens is 1. The summed E-state index contributed by atoms with van der Waals surface area (Å²) in [5, 5.41) is 6.57. The maximum Gasteiger partial charge on any atom is 0.109 e. The summed E-state index contributed by atoms with van der Waals surface area (Å²) in [6, 6.07) is 0.0437. The molecular weight excluding hydrogens is 230 g/mol. The summed E-state index contributed by atoms with van der Waals surface area (Å²) >= 11 is 1.65. The van der Waals surface area contributed by atoms with Crippen molar-refractivity contribution in [3.05, 3.63) is 16.1 Å². The van der Waals surface area contributed by atoms with Crippen molar-refractivity contribution >= 4 is 11.3 Å². The zero-order chi connectivity index (χ0) is 13.1. The van der Waals surface area contributed by atoms with Crippen molar-refractivity contribution in [3.63, 3.8) is 0 Å². The molecule has 98 valence electrons. The number of hydrogen-bond acceptors (Lipinski definition) is 4. The lowest BCUT2D eigenvalue weighted by atomic mass is 9.82. The first kappa shape index (κ1) is 14.6. The van der Waals surface area contributed by atoms with Crippen LogP contribution in [0.15, 0.2) is 5.38 Å². The average molecular weight is 255 g/mol. The van der Waals surface area contributed by atoms with E-state index in [1.165, 1.54) is 0 Å². The van der Waals surface area contributed by atoms with E-state index in [4.69, 9.17) is 5.73 Å². The van der Waals surface area contributed by atoms with Crippen LogP contribution in [0.3, 0.4) is 0 Å². The fraction of sp³-hybridized carbons (Fsp3) is 0.769. The third-order valence-corrected chi connectivity index (χ3v) is 4.29. The molecular formula is C13H25N3S. The van der Waals surface area contributed by atoms with E-state index in [1.807, 2.05) is 6.92 Å². The molecule has 17 heavy (non-hydrogen) atoms. The molecule has 3 nitrogen and oxygen atoms in total. The van der Waals surface area contributed by atoms with Crippen molar-refractivity contribution < 1.29 is 0 Å². The van der Waals surface area contributed by atoms with Gasteiger partial charge in [0.05, 0.1) is 11.7 Å². The van der Waals surface area contributed by atoms with E-state index in [9.17, 15) is 0 Å². The summed E-state index contributed by atoms with van der Waals surface area (Å²) in [4.78, 5) is 4.50. The molecule has 1 aromatic rings. The Balaban J connectivity index is 2.36. The van der Waals surface area contributed by atoms with Gasteiger partial charge >= 0.3 is 0 Å². The number of thiazole rings is 1. The third-order valence-electron chi connectivity index (χ3n) is 3.19. The SMILES string of the molecule is CC(N)c1nc(CNCC(C)C(C)(C)C)cs1. The van der Waals surface area contributed by atoms with Gasteiger partial charge in [0.25, 0.3) is 0 Å². The second-order valence-corrected chi connectivity index (χ2v) is 6.75. The number of nitrogens with two attached hydrogens (primary N) is 1. The van der Waals surface area contributed by atoms with Crippen LogP contribution in [0.25, 0.3) is 0 Å². The molecule has 0 aliphatic carbocycles. The van der Waals surface area contributed by atoms with E-state index in [2.05, 4.69) is 43.4 Å². The lowest BCUT2D eigenvalue weighted by Gasteiger charge is -2.27. The molecule has 0 aliphatic heterocycles. The van der Waals surface area contributed by atoms with Gasteiger partial charge in [-0.1, -0.05) is 27.7 Å². The summed E-state index contributed by atoms with van der Waals surface area (Å²) in [6.07, 6.45) is 0. The highest BCUT2D eigenvalue weighted by Crippen LogP contribution is 2.24. The first-order valence-electron chi connectivity index (χ1n) is 6.21. The molecule has 1 heterocycles. The third kappa shape index (κ3) is 4.74.